The van der Waals surface area contributed by atoms with Gasteiger partial charge in [-0.15, -0.1) is 0 Å². The first-order valence-electron chi connectivity index (χ1n) is 9.65. The van der Waals surface area contributed by atoms with Crippen LogP contribution in [-0.2, 0) is 9.53 Å². The maximum atomic E-state index is 13.9. The first-order valence-corrected chi connectivity index (χ1v) is 10.8. The van der Waals surface area contributed by atoms with Crippen molar-refractivity contribution < 1.29 is 23.5 Å². The number of Topliss-reactive ketones (excluding diaryl/α,β-unsaturated/α-hetero) is 1. The third-order valence-corrected chi connectivity index (χ3v) is 5.14. The summed E-state index contributed by atoms with van der Waals surface area (Å²) < 4.78 is 24.6. The molecular weight excluding hydrogens is 492 g/mol. The molecule has 0 aliphatic rings. The monoisotopic (exact) mass is 507 g/mol. The Hall–Kier alpha value is -3.06. The van der Waals surface area contributed by atoms with Crippen LogP contribution < -0.4 is 10.1 Å². The molecule has 0 fully saturated rings. The molecule has 1 N–H and O–H groups in total. The smallest absolute Gasteiger partial charge is 0.343 e. The molecule has 0 unspecified atom stereocenters. The highest BCUT2D eigenvalue weighted by Gasteiger charge is 2.24. The van der Waals surface area contributed by atoms with Crippen LogP contribution in [0.3, 0.4) is 0 Å². The van der Waals surface area contributed by atoms with E-state index in [1.165, 1.54) is 6.20 Å². The number of nitrogens with one attached hydrogen (secondary N) is 1. The van der Waals surface area contributed by atoms with Crippen LogP contribution in [0, 0.1) is 5.82 Å². The van der Waals surface area contributed by atoms with E-state index in [1.807, 2.05) is 0 Å². The van der Waals surface area contributed by atoms with Gasteiger partial charge in [-0.1, -0.05) is 34.8 Å². The van der Waals surface area contributed by atoms with Crippen LogP contribution in [0.1, 0.15) is 17.3 Å². The van der Waals surface area contributed by atoms with E-state index >= 15 is 0 Å². The zero-order valence-electron chi connectivity index (χ0n) is 17.2. The second-order valence-electron chi connectivity index (χ2n) is 6.58. The van der Waals surface area contributed by atoms with E-state index in [9.17, 15) is 14.0 Å². The van der Waals surface area contributed by atoms with Crippen molar-refractivity contribution in [2.45, 2.75) is 6.92 Å². The van der Waals surface area contributed by atoms with Crippen molar-refractivity contribution in [1.29, 1.82) is 0 Å². The lowest BCUT2D eigenvalue weighted by Crippen LogP contribution is -2.18. The fourth-order valence-electron chi connectivity index (χ4n) is 2.68. The summed E-state index contributed by atoms with van der Waals surface area (Å²) in [6.07, 6.45) is 1.18. The highest BCUT2D eigenvalue weighted by Crippen LogP contribution is 2.27. The van der Waals surface area contributed by atoms with E-state index in [2.05, 4.69) is 5.32 Å². The number of benzene rings is 3. The molecule has 0 aromatic heterocycles. The molecule has 0 aliphatic carbocycles. The first kappa shape index (κ1) is 24.6. The number of esters is 1. The number of ketones is 1. The van der Waals surface area contributed by atoms with E-state index in [4.69, 9.17) is 44.3 Å². The average molecular weight is 509 g/mol. The molecule has 0 saturated carbocycles. The summed E-state index contributed by atoms with van der Waals surface area (Å²) in [4.78, 5) is 25.3. The summed E-state index contributed by atoms with van der Waals surface area (Å²) in [7, 11) is 0. The molecule has 9 heteroatoms. The minimum absolute atomic E-state index is 0.0445. The molecule has 0 spiro atoms. The normalized spacial score (nSPS) is 11.1. The quantitative estimate of drug-likeness (QED) is 0.0862. The van der Waals surface area contributed by atoms with Gasteiger partial charge in [0, 0.05) is 22.5 Å². The van der Waals surface area contributed by atoms with Crippen LogP contribution in [0.4, 0.5) is 10.1 Å². The van der Waals surface area contributed by atoms with E-state index in [0.29, 0.717) is 22.2 Å². The van der Waals surface area contributed by atoms with E-state index in [0.717, 1.165) is 12.1 Å². The van der Waals surface area contributed by atoms with Gasteiger partial charge >= 0.3 is 5.97 Å². The lowest BCUT2D eigenvalue weighted by molar-refractivity contribution is -0.138. The Morgan fingerprint density at radius 2 is 1.55 bits per heavy atom. The van der Waals surface area contributed by atoms with Gasteiger partial charge in [0.1, 0.15) is 22.9 Å². The van der Waals surface area contributed by atoms with Gasteiger partial charge in [0.05, 0.1) is 16.7 Å². The van der Waals surface area contributed by atoms with Gasteiger partial charge in [0.2, 0.25) is 5.78 Å². The fraction of sp³-hybridized carbons (Fsp3) is 0.0833. The summed E-state index contributed by atoms with van der Waals surface area (Å²) in [6.45, 7) is 1.64. The second-order valence-corrected chi connectivity index (χ2v) is 7.83. The van der Waals surface area contributed by atoms with Gasteiger partial charge < -0.3 is 14.8 Å². The molecule has 3 rings (SSSR count). The molecular formula is C24H17Cl3FNO4. The molecule has 5 nitrogen and oxygen atoms in total. The number of ether oxygens (including phenoxy) is 2. The maximum Gasteiger partial charge on any atom is 0.343 e. The van der Waals surface area contributed by atoms with Crippen molar-refractivity contribution in [3.05, 3.63) is 98.9 Å². The van der Waals surface area contributed by atoms with E-state index in [1.54, 1.807) is 55.5 Å². The SMILES string of the molecule is CCOC(=O)/C(=C\Nc1ccc(Oc2ccc(Cl)cc2)cc1)C(=O)c1cc(F)c(Cl)cc1Cl. The topological polar surface area (TPSA) is 64.6 Å². The number of carbonyl (C=O) groups excluding carboxylic acids is 2. The van der Waals surface area contributed by atoms with E-state index in [-0.39, 0.29) is 27.8 Å². The predicted octanol–water partition coefficient (Wildman–Crippen LogP) is 7.32. The molecule has 3 aromatic rings. The summed E-state index contributed by atoms with van der Waals surface area (Å²) in [5, 5.41) is 3.13. The largest absolute Gasteiger partial charge is 0.462 e. The van der Waals surface area contributed by atoms with Crippen molar-refractivity contribution >= 4 is 52.2 Å². The Labute approximate surface area is 204 Å². The number of halogens is 4. The van der Waals surface area contributed by atoms with Crippen LogP contribution >= 0.6 is 34.8 Å². The zero-order valence-corrected chi connectivity index (χ0v) is 19.5. The van der Waals surface area contributed by atoms with Crippen molar-refractivity contribution in [3.63, 3.8) is 0 Å². The summed E-state index contributed by atoms with van der Waals surface area (Å²) in [5.74, 6) is -1.36. The Kier molecular flexibility index (Phi) is 8.33. The lowest BCUT2D eigenvalue weighted by atomic mass is 10.0. The van der Waals surface area contributed by atoms with Gasteiger partial charge in [-0.25, -0.2) is 9.18 Å². The second kappa shape index (κ2) is 11.2. The van der Waals surface area contributed by atoms with Gasteiger partial charge in [-0.05, 0) is 67.6 Å². The van der Waals surface area contributed by atoms with Crippen molar-refractivity contribution in [2.24, 2.45) is 0 Å². The standard InChI is InChI=1S/C24H17Cl3FNO4/c1-2-32-24(31)19(23(30)18-11-22(28)21(27)12-20(18)26)13-29-15-5-9-17(10-6-15)33-16-7-3-14(25)4-8-16/h3-13,29H,2H2,1H3/b19-13-. The average Bonchev–Trinajstić information content (AvgIpc) is 2.79. The molecule has 0 amide bonds. The molecule has 0 saturated heterocycles. The van der Waals surface area contributed by atoms with Crippen LogP contribution in [0.15, 0.2) is 72.4 Å². The Bertz CT molecular complexity index is 1200. The first-order chi connectivity index (χ1) is 15.8. The predicted molar refractivity (Wildman–Crippen MR) is 127 cm³/mol. The van der Waals surface area contributed by atoms with Gasteiger partial charge in [0.25, 0.3) is 0 Å². The van der Waals surface area contributed by atoms with Crippen molar-refractivity contribution in [1.82, 2.24) is 0 Å². The number of rotatable bonds is 8. The number of anilines is 1. The van der Waals surface area contributed by atoms with Crippen LogP contribution in [0.5, 0.6) is 11.5 Å². The molecule has 0 aliphatic heterocycles. The number of hydrogen-bond donors (Lipinski definition) is 1. The van der Waals surface area contributed by atoms with Crippen LogP contribution in [-0.4, -0.2) is 18.4 Å². The Morgan fingerprint density at radius 3 is 2.15 bits per heavy atom. The van der Waals surface area contributed by atoms with Crippen LogP contribution in [0.2, 0.25) is 15.1 Å². The molecule has 0 heterocycles. The third kappa shape index (κ3) is 6.48. The maximum absolute atomic E-state index is 13.9. The molecule has 33 heavy (non-hydrogen) atoms. The lowest BCUT2D eigenvalue weighted by Gasteiger charge is -2.10. The molecule has 0 atom stereocenters. The fourth-order valence-corrected chi connectivity index (χ4v) is 3.28. The minimum Gasteiger partial charge on any atom is -0.462 e. The van der Waals surface area contributed by atoms with Gasteiger partial charge in [0.15, 0.2) is 0 Å². The molecule has 0 radical (unpaired) electrons. The number of hydrogen-bond acceptors (Lipinski definition) is 5. The van der Waals surface area contributed by atoms with Gasteiger partial charge in [-0.2, -0.15) is 0 Å². The molecule has 0 bridgehead atoms. The minimum atomic E-state index is -0.885. The molecule has 170 valence electrons. The Morgan fingerprint density at radius 1 is 0.939 bits per heavy atom. The Balaban J connectivity index is 1.80. The van der Waals surface area contributed by atoms with Crippen molar-refractivity contribution in [3.8, 4) is 11.5 Å². The number of carbonyl (C=O) groups is 2. The third-order valence-electron chi connectivity index (χ3n) is 4.28. The highest BCUT2D eigenvalue weighted by atomic mass is 35.5. The summed E-state index contributed by atoms with van der Waals surface area (Å²) in [5.41, 5.74) is -0.0187. The van der Waals surface area contributed by atoms with Crippen LogP contribution in [0.25, 0.3) is 0 Å². The van der Waals surface area contributed by atoms with Crippen molar-refractivity contribution in [2.75, 3.05) is 11.9 Å². The molecule has 3 aromatic carbocycles. The summed E-state index contributed by atoms with van der Waals surface area (Å²) >= 11 is 17.6. The van der Waals surface area contributed by atoms with E-state index < -0.39 is 17.6 Å². The summed E-state index contributed by atoms with van der Waals surface area (Å²) in [6, 6.07) is 15.6. The van der Waals surface area contributed by atoms with Gasteiger partial charge in [-0.3, -0.25) is 4.79 Å². The highest BCUT2D eigenvalue weighted by molar-refractivity contribution is 6.39. The zero-order chi connectivity index (χ0) is 24.0.